The molecule has 0 fully saturated rings. The zero-order chi connectivity index (χ0) is 19.9. The number of carbonyl (C=O) groups is 2. The van der Waals surface area contributed by atoms with Crippen molar-refractivity contribution in [2.24, 2.45) is 0 Å². The Morgan fingerprint density at radius 2 is 2.00 bits per heavy atom. The molecule has 144 valence electrons. The van der Waals surface area contributed by atoms with E-state index in [1.54, 1.807) is 40.3 Å². The molecule has 1 N–H and O–H groups in total. The summed E-state index contributed by atoms with van der Waals surface area (Å²) in [6.07, 6.45) is 7.37. The number of nitrogens with one attached hydrogen (secondary N) is 1. The highest BCUT2D eigenvalue weighted by Crippen LogP contribution is 2.14. The van der Waals surface area contributed by atoms with Crippen molar-refractivity contribution in [2.45, 2.75) is 20.3 Å². The van der Waals surface area contributed by atoms with Crippen molar-refractivity contribution >= 4 is 17.5 Å². The minimum absolute atomic E-state index is 0.00964. The molecule has 3 rings (SSSR count). The first kappa shape index (κ1) is 19.3. The van der Waals surface area contributed by atoms with Crippen molar-refractivity contribution in [1.29, 1.82) is 0 Å². The maximum atomic E-state index is 12.9. The van der Waals surface area contributed by atoms with Gasteiger partial charge in [-0.15, -0.1) is 0 Å². The average molecular weight is 377 g/mol. The van der Waals surface area contributed by atoms with Crippen LogP contribution in [0.4, 0.5) is 5.69 Å². The normalized spacial score (nSPS) is 10.5. The number of aromatic nitrogens is 3. The second-order valence-corrected chi connectivity index (χ2v) is 6.46. The highest BCUT2D eigenvalue weighted by molar-refractivity contribution is 5.99. The lowest BCUT2D eigenvalue weighted by Gasteiger charge is -2.22. The molecule has 0 unspecified atom stereocenters. The molecule has 7 heteroatoms. The minimum atomic E-state index is -0.223. The molecule has 0 saturated carbocycles. The third-order valence-electron chi connectivity index (χ3n) is 4.30. The van der Waals surface area contributed by atoms with Crippen LogP contribution in [0.1, 0.15) is 29.3 Å². The molecule has 7 nitrogen and oxygen atoms in total. The molecule has 0 bridgehead atoms. The molecule has 0 aliphatic carbocycles. The second kappa shape index (κ2) is 8.94. The Hall–Kier alpha value is -3.48. The average Bonchev–Trinajstić information content (AvgIpc) is 3.24. The summed E-state index contributed by atoms with van der Waals surface area (Å²) in [6, 6.07) is 11.0. The second-order valence-electron chi connectivity index (χ2n) is 6.46. The van der Waals surface area contributed by atoms with Crippen molar-refractivity contribution in [2.75, 3.05) is 18.4 Å². The fourth-order valence-corrected chi connectivity index (χ4v) is 2.84. The first-order valence-electron chi connectivity index (χ1n) is 9.17. The topological polar surface area (TPSA) is 80.1 Å². The lowest BCUT2D eigenvalue weighted by molar-refractivity contribution is -0.116. The van der Waals surface area contributed by atoms with Gasteiger partial charge in [-0.1, -0.05) is 25.1 Å². The Kier molecular flexibility index (Phi) is 6.16. The highest BCUT2D eigenvalue weighted by Gasteiger charge is 2.19. The molecule has 0 radical (unpaired) electrons. The van der Waals surface area contributed by atoms with Crippen LogP contribution >= 0.6 is 0 Å². The number of pyridine rings is 1. The molecule has 0 atom stereocenters. The fraction of sp³-hybridized carbons (Fsp3) is 0.238. The number of para-hydroxylation sites is 1. The molecular weight excluding hydrogens is 354 g/mol. The van der Waals surface area contributed by atoms with Crippen LogP contribution in [-0.2, 0) is 4.79 Å². The van der Waals surface area contributed by atoms with Gasteiger partial charge in [0.1, 0.15) is 18.7 Å². The number of carbonyl (C=O) groups excluding carboxylic acids is 2. The van der Waals surface area contributed by atoms with E-state index in [2.05, 4.69) is 15.3 Å². The summed E-state index contributed by atoms with van der Waals surface area (Å²) in [7, 11) is 0. The monoisotopic (exact) mass is 377 g/mol. The molecule has 0 aliphatic rings. The number of anilines is 1. The lowest BCUT2D eigenvalue weighted by atomic mass is 10.2. The Balaban J connectivity index is 1.69. The Bertz CT molecular complexity index is 936. The standard InChI is InChI=1S/C21H23N5O2/c1-3-11-25(14-20(27)24-18-7-5-4-6-16(18)2)21(28)17-8-9-19(23-13-17)26-12-10-22-15-26/h4-10,12-13,15H,3,11,14H2,1-2H3,(H,24,27). The summed E-state index contributed by atoms with van der Waals surface area (Å²) in [5.74, 6) is 0.235. The molecule has 1 aromatic carbocycles. The van der Waals surface area contributed by atoms with E-state index in [0.29, 0.717) is 17.9 Å². The summed E-state index contributed by atoms with van der Waals surface area (Å²) >= 11 is 0. The van der Waals surface area contributed by atoms with Crippen molar-refractivity contribution < 1.29 is 9.59 Å². The van der Waals surface area contributed by atoms with Gasteiger partial charge >= 0.3 is 0 Å². The first-order chi connectivity index (χ1) is 13.6. The molecule has 0 spiro atoms. The van der Waals surface area contributed by atoms with Gasteiger partial charge in [0.05, 0.1) is 5.56 Å². The lowest BCUT2D eigenvalue weighted by Crippen LogP contribution is -2.38. The van der Waals surface area contributed by atoms with Crippen molar-refractivity contribution in [3.63, 3.8) is 0 Å². The molecule has 0 saturated heterocycles. The third kappa shape index (κ3) is 4.62. The van der Waals surface area contributed by atoms with Crippen molar-refractivity contribution in [3.8, 4) is 5.82 Å². The van der Waals surface area contributed by atoms with Gasteiger partial charge in [0.25, 0.3) is 5.91 Å². The van der Waals surface area contributed by atoms with Gasteiger partial charge in [0.15, 0.2) is 0 Å². The van der Waals surface area contributed by atoms with Gasteiger partial charge in [-0.2, -0.15) is 0 Å². The number of aryl methyl sites for hydroxylation is 1. The van der Waals surface area contributed by atoms with Gasteiger partial charge in [-0.05, 0) is 37.1 Å². The predicted molar refractivity (Wildman–Crippen MR) is 107 cm³/mol. The van der Waals surface area contributed by atoms with Gasteiger partial charge in [-0.25, -0.2) is 9.97 Å². The van der Waals surface area contributed by atoms with Gasteiger partial charge in [0, 0.05) is 30.8 Å². The molecular formula is C21H23N5O2. The van der Waals surface area contributed by atoms with E-state index in [-0.39, 0.29) is 18.4 Å². The van der Waals surface area contributed by atoms with Crippen molar-refractivity contribution in [3.05, 3.63) is 72.4 Å². The van der Waals surface area contributed by atoms with Gasteiger partial charge in [0.2, 0.25) is 5.91 Å². The summed E-state index contributed by atoms with van der Waals surface area (Å²) in [5.41, 5.74) is 2.17. The summed E-state index contributed by atoms with van der Waals surface area (Å²) < 4.78 is 1.76. The van der Waals surface area contributed by atoms with Crippen LogP contribution < -0.4 is 5.32 Å². The maximum Gasteiger partial charge on any atom is 0.255 e. The Labute approximate surface area is 164 Å². The SMILES string of the molecule is CCCN(CC(=O)Nc1ccccc1C)C(=O)c1ccc(-n2ccnc2)nc1. The van der Waals surface area contributed by atoms with Gasteiger partial charge < -0.3 is 10.2 Å². The zero-order valence-electron chi connectivity index (χ0n) is 16.0. The number of hydrogen-bond donors (Lipinski definition) is 1. The van der Waals surface area contributed by atoms with Crippen LogP contribution in [0, 0.1) is 6.92 Å². The quantitative estimate of drug-likeness (QED) is 0.686. The van der Waals surface area contributed by atoms with E-state index in [0.717, 1.165) is 17.7 Å². The van der Waals surface area contributed by atoms with E-state index in [1.807, 2.05) is 38.1 Å². The van der Waals surface area contributed by atoms with Crippen LogP contribution in [0.2, 0.25) is 0 Å². The first-order valence-corrected chi connectivity index (χ1v) is 9.17. The number of amides is 2. The van der Waals surface area contributed by atoms with Gasteiger partial charge in [-0.3, -0.25) is 14.2 Å². The number of imidazole rings is 1. The smallest absolute Gasteiger partial charge is 0.255 e. The number of hydrogen-bond acceptors (Lipinski definition) is 4. The molecule has 2 aromatic heterocycles. The van der Waals surface area contributed by atoms with E-state index < -0.39 is 0 Å². The van der Waals surface area contributed by atoms with Crippen LogP contribution in [0.25, 0.3) is 5.82 Å². The van der Waals surface area contributed by atoms with Crippen LogP contribution in [-0.4, -0.2) is 44.3 Å². The summed E-state index contributed by atoms with van der Waals surface area (Å²) in [5, 5.41) is 2.87. The molecule has 2 heterocycles. The molecule has 28 heavy (non-hydrogen) atoms. The van der Waals surface area contributed by atoms with Crippen LogP contribution in [0.5, 0.6) is 0 Å². The number of benzene rings is 1. The minimum Gasteiger partial charge on any atom is -0.329 e. The molecule has 3 aromatic rings. The summed E-state index contributed by atoms with van der Waals surface area (Å²) in [6.45, 7) is 4.38. The van der Waals surface area contributed by atoms with Crippen LogP contribution in [0.3, 0.4) is 0 Å². The van der Waals surface area contributed by atoms with E-state index in [9.17, 15) is 9.59 Å². The third-order valence-corrected chi connectivity index (χ3v) is 4.30. The van der Waals surface area contributed by atoms with E-state index in [4.69, 9.17) is 0 Å². The fourth-order valence-electron chi connectivity index (χ4n) is 2.84. The largest absolute Gasteiger partial charge is 0.329 e. The zero-order valence-corrected chi connectivity index (χ0v) is 16.0. The molecule has 2 amide bonds. The molecule has 0 aliphatic heterocycles. The highest BCUT2D eigenvalue weighted by atomic mass is 16.2. The maximum absolute atomic E-state index is 12.9. The van der Waals surface area contributed by atoms with E-state index in [1.165, 1.54) is 6.20 Å². The summed E-state index contributed by atoms with van der Waals surface area (Å²) in [4.78, 5) is 35.2. The van der Waals surface area contributed by atoms with Crippen molar-refractivity contribution in [1.82, 2.24) is 19.4 Å². The number of nitrogens with zero attached hydrogens (tertiary/aromatic N) is 4. The number of rotatable bonds is 7. The Morgan fingerprint density at radius 1 is 1.18 bits per heavy atom. The van der Waals surface area contributed by atoms with Crippen LogP contribution in [0.15, 0.2) is 61.3 Å². The Morgan fingerprint density at radius 3 is 2.64 bits per heavy atom. The predicted octanol–water partition coefficient (Wildman–Crippen LogP) is 3.07. The van der Waals surface area contributed by atoms with E-state index >= 15 is 0 Å².